The average Bonchev–Trinajstić information content (AvgIpc) is 3.33. The van der Waals surface area contributed by atoms with Gasteiger partial charge in [0.15, 0.2) is 0 Å². The largest absolute Gasteiger partial charge is 0.489 e. The molecule has 0 unspecified atom stereocenters. The van der Waals surface area contributed by atoms with E-state index in [1.165, 1.54) is 5.56 Å². The van der Waals surface area contributed by atoms with Gasteiger partial charge in [-0.2, -0.15) is 10.2 Å². The summed E-state index contributed by atoms with van der Waals surface area (Å²) in [5, 5.41) is 11.2. The van der Waals surface area contributed by atoms with Crippen molar-refractivity contribution in [3.63, 3.8) is 0 Å². The van der Waals surface area contributed by atoms with Crippen LogP contribution in [-0.4, -0.2) is 21.8 Å². The number of aromatic amines is 1. The number of halogens is 1. The maximum atomic E-state index is 12.5. The van der Waals surface area contributed by atoms with Crippen molar-refractivity contribution < 1.29 is 9.53 Å². The van der Waals surface area contributed by atoms with Crippen LogP contribution in [0.3, 0.4) is 0 Å². The van der Waals surface area contributed by atoms with Crippen LogP contribution >= 0.6 is 15.9 Å². The molecule has 33 heavy (non-hydrogen) atoms. The Kier molecular flexibility index (Phi) is 7.00. The van der Waals surface area contributed by atoms with Crippen LogP contribution in [-0.2, 0) is 6.61 Å². The molecule has 6 nitrogen and oxygen atoms in total. The van der Waals surface area contributed by atoms with Gasteiger partial charge in [-0.1, -0.05) is 57.9 Å². The molecule has 4 rings (SSSR count). The molecule has 0 saturated carbocycles. The maximum Gasteiger partial charge on any atom is 0.289 e. The van der Waals surface area contributed by atoms with Crippen molar-refractivity contribution in [2.45, 2.75) is 20.5 Å². The third-order valence-electron chi connectivity index (χ3n) is 5.09. The molecule has 0 aliphatic rings. The number of aryl methyl sites for hydroxylation is 1. The molecular formula is C26H23BrN4O2. The lowest BCUT2D eigenvalue weighted by atomic mass is 10.1. The minimum atomic E-state index is -0.358. The summed E-state index contributed by atoms with van der Waals surface area (Å²) in [6.07, 6.45) is 0. The lowest BCUT2D eigenvalue weighted by Crippen LogP contribution is -2.19. The first-order valence-electron chi connectivity index (χ1n) is 10.4. The van der Waals surface area contributed by atoms with Crippen molar-refractivity contribution in [2.75, 3.05) is 0 Å². The Morgan fingerprint density at radius 1 is 1.03 bits per heavy atom. The van der Waals surface area contributed by atoms with Gasteiger partial charge in [-0.25, -0.2) is 5.43 Å². The molecule has 0 fully saturated rings. The normalized spacial score (nSPS) is 11.3. The fraction of sp³-hybridized carbons (Fsp3) is 0.115. The van der Waals surface area contributed by atoms with Gasteiger partial charge in [-0.15, -0.1) is 0 Å². The first kappa shape index (κ1) is 22.5. The quantitative estimate of drug-likeness (QED) is 0.244. The van der Waals surface area contributed by atoms with Gasteiger partial charge in [0.1, 0.15) is 18.1 Å². The number of H-pyrrole nitrogens is 1. The number of aromatic nitrogens is 2. The fourth-order valence-electron chi connectivity index (χ4n) is 3.11. The van der Waals surface area contributed by atoms with Gasteiger partial charge in [-0.3, -0.25) is 9.89 Å². The molecule has 1 amide bonds. The Balaban J connectivity index is 1.36. The molecule has 3 aromatic carbocycles. The van der Waals surface area contributed by atoms with Crippen LogP contribution in [0.25, 0.3) is 11.3 Å². The van der Waals surface area contributed by atoms with E-state index in [1.807, 2.05) is 55.5 Å². The van der Waals surface area contributed by atoms with E-state index in [-0.39, 0.29) is 5.91 Å². The highest BCUT2D eigenvalue weighted by atomic mass is 79.9. The summed E-state index contributed by atoms with van der Waals surface area (Å²) in [6, 6.07) is 25.3. The van der Waals surface area contributed by atoms with E-state index in [4.69, 9.17) is 4.74 Å². The molecule has 7 heteroatoms. The molecule has 0 spiro atoms. The van der Waals surface area contributed by atoms with Crippen molar-refractivity contribution in [1.29, 1.82) is 0 Å². The second-order valence-electron chi connectivity index (χ2n) is 7.61. The highest BCUT2D eigenvalue weighted by Crippen LogP contribution is 2.22. The zero-order chi connectivity index (χ0) is 23.2. The summed E-state index contributed by atoms with van der Waals surface area (Å²) >= 11 is 3.40. The lowest BCUT2D eigenvalue weighted by molar-refractivity contribution is 0.0950. The maximum absolute atomic E-state index is 12.5. The van der Waals surface area contributed by atoms with Crippen LogP contribution in [0.15, 0.2) is 88.4 Å². The number of hydrazone groups is 1. The number of carbonyl (C=O) groups excluding carboxylic acids is 1. The van der Waals surface area contributed by atoms with E-state index in [9.17, 15) is 4.79 Å². The van der Waals surface area contributed by atoms with Gasteiger partial charge in [-0.05, 0) is 67.4 Å². The Hall–Kier alpha value is -3.71. The van der Waals surface area contributed by atoms with Crippen LogP contribution in [0.5, 0.6) is 5.75 Å². The monoisotopic (exact) mass is 502 g/mol. The lowest BCUT2D eigenvalue weighted by Gasteiger charge is -2.07. The van der Waals surface area contributed by atoms with Crippen LogP contribution in [0.1, 0.15) is 34.1 Å². The van der Waals surface area contributed by atoms with Crippen LogP contribution in [0, 0.1) is 6.92 Å². The van der Waals surface area contributed by atoms with Crippen molar-refractivity contribution in [3.05, 3.63) is 106 Å². The number of rotatable bonds is 7. The Morgan fingerprint density at radius 2 is 1.73 bits per heavy atom. The van der Waals surface area contributed by atoms with Crippen molar-refractivity contribution in [1.82, 2.24) is 15.6 Å². The van der Waals surface area contributed by atoms with Gasteiger partial charge < -0.3 is 4.74 Å². The van der Waals surface area contributed by atoms with Gasteiger partial charge in [0.25, 0.3) is 5.91 Å². The van der Waals surface area contributed by atoms with Crippen LogP contribution in [0.4, 0.5) is 0 Å². The van der Waals surface area contributed by atoms with E-state index in [1.54, 1.807) is 6.07 Å². The molecule has 166 valence electrons. The summed E-state index contributed by atoms with van der Waals surface area (Å²) in [4.78, 5) is 12.5. The van der Waals surface area contributed by atoms with E-state index >= 15 is 0 Å². The summed E-state index contributed by atoms with van der Waals surface area (Å²) in [7, 11) is 0. The molecule has 2 N–H and O–H groups in total. The minimum Gasteiger partial charge on any atom is -0.489 e. The molecule has 1 aromatic heterocycles. The molecule has 1 heterocycles. The van der Waals surface area contributed by atoms with E-state index in [0.29, 0.717) is 23.7 Å². The molecule has 0 saturated heterocycles. The predicted octanol–water partition coefficient (Wildman–Crippen LogP) is 5.88. The number of hydrogen-bond donors (Lipinski definition) is 2. The Morgan fingerprint density at radius 3 is 2.42 bits per heavy atom. The molecule has 0 aliphatic heterocycles. The third kappa shape index (κ3) is 5.96. The van der Waals surface area contributed by atoms with Crippen LogP contribution in [0.2, 0.25) is 0 Å². The zero-order valence-corrected chi connectivity index (χ0v) is 19.9. The SMILES string of the molecule is CC(=NNC(=O)c1cc(-c2ccc(OCc3ccc(C)cc3)cc2)n[nH]1)c1ccc(Br)cc1. The highest BCUT2D eigenvalue weighted by Gasteiger charge is 2.11. The fourth-order valence-corrected chi connectivity index (χ4v) is 3.37. The summed E-state index contributed by atoms with van der Waals surface area (Å²) in [5.41, 5.74) is 8.41. The van der Waals surface area contributed by atoms with Crippen molar-refractivity contribution in [3.8, 4) is 17.0 Å². The molecule has 0 aliphatic carbocycles. The van der Waals surface area contributed by atoms with Gasteiger partial charge in [0.2, 0.25) is 0 Å². The van der Waals surface area contributed by atoms with Crippen molar-refractivity contribution >= 4 is 27.5 Å². The topological polar surface area (TPSA) is 79.4 Å². The Labute approximate surface area is 200 Å². The standard InChI is InChI=1S/C26H23BrN4O2/c1-17-3-5-19(6-4-17)16-33-23-13-9-21(10-14-23)24-15-25(30-29-24)26(32)31-28-18(2)20-7-11-22(27)12-8-20/h3-15H,16H2,1-2H3,(H,29,30)(H,31,32). The number of amides is 1. The first-order valence-corrected chi connectivity index (χ1v) is 11.2. The third-order valence-corrected chi connectivity index (χ3v) is 5.61. The summed E-state index contributed by atoms with van der Waals surface area (Å²) in [5.74, 6) is 0.411. The highest BCUT2D eigenvalue weighted by molar-refractivity contribution is 9.10. The number of nitrogens with one attached hydrogen (secondary N) is 2. The van der Waals surface area contributed by atoms with Crippen LogP contribution < -0.4 is 10.2 Å². The van der Waals surface area contributed by atoms with Gasteiger partial charge >= 0.3 is 0 Å². The van der Waals surface area contributed by atoms with Gasteiger partial charge in [0.05, 0.1) is 11.4 Å². The van der Waals surface area contributed by atoms with Crippen molar-refractivity contribution in [2.24, 2.45) is 5.10 Å². The smallest absolute Gasteiger partial charge is 0.289 e. The second-order valence-corrected chi connectivity index (χ2v) is 8.53. The molecular weight excluding hydrogens is 480 g/mol. The number of carbonyl (C=O) groups is 1. The number of nitrogens with zero attached hydrogens (tertiary/aromatic N) is 2. The molecule has 4 aromatic rings. The number of hydrogen-bond acceptors (Lipinski definition) is 4. The summed E-state index contributed by atoms with van der Waals surface area (Å²) in [6.45, 7) is 4.41. The Bertz CT molecular complexity index is 1260. The molecule has 0 atom stereocenters. The minimum absolute atomic E-state index is 0.331. The first-order chi connectivity index (χ1) is 16.0. The number of benzene rings is 3. The molecule has 0 bridgehead atoms. The zero-order valence-electron chi connectivity index (χ0n) is 18.3. The van der Waals surface area contributed by atoms with E-state index < -0.39 is 0 Å². The summed E-state index contributed by atoms with van der Waals surface area (Å²) < 4.78 is 6.84. The predicted molar refractivity (Wildman–Crippen MR) is 133 cm³/mol. The van der Waals surface area contributed by atoms with Gasteiger partial charge in [0, 0.05) is 10.0 Å². The molecule has 0 radical (unpaired) electrons. The average molecular weight is 503 g/mol. The number of ether oxygens (including phenoxy) is 1. The van der Waals surface area contributed by atoms with E-state index in [2.05, 4.69) is 67.8 Å². The second kappa shape index (κ2) is 10.3. The van der Waals surface area contributed by atoms with E-state index in [0.717, 1.165) is 26.9 Å².